The van der Waals surface area contributed by atoms with Crippen molar-refractivity contribution in [2.45, 2.75) is 25.3 Å². The van der Waals surface area contributed by atoms with E-state index in [2.05, 4.69) is 20.5 Å². The summed E-state index contributed by atoms with van der Waals surface area (Å²) in [5, 5.41) is 17.2. The van der Waals surface area contributed by atoms with Gasteiger partial charge in [0.1, 0.15) is 12.6 Å². The van der Waals surface area contributed by atoms with Crippen LogP contribution in [0.15, 0.2) is 41.9 Å². The Morgan fingerprint density at radius 2 is 2.04 bits per heavy atom. The third-order valence-electron chi connectivity index (χ3n) is 4.87. The second kappa shape index (κ2) is 9.85. The molecule has 146 valence electrons. The highest BCUT2D eigenvalue weighted by atomic mass is 32.1. The minimum Gasteiger partial charge on any atom is -0.348 e. The molecule has 7 nitrogen and oxygen atoms in total. The molecule has 1 saturated heterocycles. The number of rotatable bonds is 7. The molecule has 0 bridgehead atoms. The zero-order valence-corrected chi connectivity index (χ0v) is 16.3. The minimum atomic E-state index is -0.655. The van der Waals surface area contributed by atoms with Crippen LogP contribution < -0.4 is 15.5 Å². The van der Waals surface area contributed by atoms with Crippen molar-refractivity contribution in [2.75, 3.05) is 24.5 Å². The molecule has 0 spiro atoms. The molecular weight excluding hydrogens is 374 g/mol. The van der Waals surface area contributed by atoms with Gasteiger partial charge in [0.2, 0.25) is 5.91 Å². The summed E-state index contributed by atoms with van der Waals surface area (Å²) in [5.41, 5.74) is 0.513. The maximum atomic E-state index is 12.5. The molecule has 0 aliphatic carbocycles. The standard InChI is InChI=1S/C20H23N5O2S/c21-8-9-22-19(27)17(24-18(26)16-4-2-1-3-5-16)14-15-6-11-25(12-7-15)20-23-10-13-28-20/h1-5,10,13,15,17H,6-7,9,11-12,14H2,(H,22,27)(H,24,26)/t17-/m0/s1. The predicted octanol–water partition coefficient (Wildman–Crippen LogP) is 2.19. The second-order valence-corrected chi connectivity index (χ2v) is 7.62. The SMILES string of the molecule is N#CCNC(=O)[C@H](CC1CCN(c2nccs2)CC1)NC(=O)c1ccccc1. The Balaban J connectivity index is 1.60. The van der Waals surface area contributed by atoms with Crippen LogP contribution in [0.1, 0.15) is 29.6 Å². The highest BCUT2D eigenvalue weighted by molar-refractivity contribution is 7.13. The number of carbonyl (C=O) groups excluding carboxylic acids is 2. The average Bonchev–Trinajstić information content (AvgIpc) is 3.27. The molecule has 2 heterocycles. The Hall–Kier alpha value is -2.92. The van der Waals surface area contributed by atoms with Gasteiger partial charge in [0.25, 0.3) is 5.91 Å². The number of hydrogen-bond donors (Lipinski definition) is 2. The van der Waals surface area contributed by atoms with Crippen LogP contribution in [0.2, 0.25) is 0 Å². The smallest absolute Gasteiger partial charge is 0.251 e. The van der Waals surface area contributed by atoms with Gasteiger partial charge >= 0.3 is 0 Å². The van der Waals surface area contributed by atoms with Crippen LogP contribution in [0.4, 0.5) is 5.13 Å². The van der Waals surface area contributed by atoms with E-state index in [0.717, 1.165) is 31.1 Å². The molecule has 1 aromatic heterocycles. The van der Waals surface area contributed by atoms with Crippen molar-refractivity contribution in [2.24, 2.45) is 5.92 Å². The number of nitrogens with zero attached hydrogens (tertiary/aromatic N) is 3. The summed E-state index contributed by atoms with van der Waals surface area (Å²) >= 11 is 1.63. The van der Waals surface area contributed by atoms with Gasteiger partial charge in [-0.15, -0.1) is 11.3 Å². The first kappa shape index (κ1) is 19.8. The lowest BCUT2D eigenvalue weighted by molar-refractivity contribution is -0.123. The van der Waals surface area contributed by atoms with Crippen molar-refractivity contribution in [3.05, 3.63) is 47.5 Å². The van der Waals surface area contributed by atoms with Crippen molar-refractivity contribution in [1.82, 2.24) is 15.6 Å². The van der Waals surface area contributed by atoms with Gasteiger partial charge in [-0.25, -0.2) is 4.98 Å². The van der Waals surface area contributed by atoms with Crippen molar-refractivity contribution in [3.63, 3.8) is 0 Å². The van der Waals surface area contributed by atoms with Gasteiger partial charge in [-0.1, -0.05) is 18.2 Å². The van der Waals surface area contributed by atoms with Crippen LogP contribution in [0.5, 0.6) is 0 Å². The van der Waals surface area contributed by atoms with Crippen molar-refractivity contribution >= 4 is 28.3 Å². The number of nitrogens with one attached hydrogen (secondary N) is 2. The van der Waals surface area contributed by atoms with E-state index in [1.807, 2.05) is 17.5 Å². The van der Waals surface area contributed by atoms with E-state index in [1.54, 1.807) is 41.8 Å². The molecule has 1 aliphatic rings. The lowest BCUT2D eigenvalue weighted by Crippen LogP contribution is -2.48. The van der Waals surface area contributed by atoms with E-state index < -0.39 is 6.04 Å². The van der Waals surface area contributed by atoms with E-state index >= 15 is 0 Å². The van der Waals surface area contributed by atoms with E-state index in [1.165, 1.54) is 0 Å². The van der Waals surface area contributed by atoms with Gasteiger partial charge in [0.15, 0.2) is 5.13 Å². The lowest BCUT2D eigenvalue weighted by Gasteiger charge is -2.33. The second-order valence-electron chi connectivity index (χ2n) is 6.75. The maximum absolute atomic E-state index is 12.5. The molecule has 8 heteroatoms. The molecule has 1 atom stereocenters. The number of amides is 2. The Morgan fingerprint density at radius 3 is 2.68 bits per heavy atom. The maximum Gasteiger partial charge on any atom is 0.251 e. The molecule has 0 saturated carbocycles. The molecule has 0 radical (unpaired) electrons. The first-order chi connectivity index (χ1) is 13.7. The molecule has 3 rings (SSSR count). The third kappa shape index (κ3) is 5.30. The summed E-state index contributed by atoms with van der Waals surface area (Å²) < 4.78 is 0. The van der Waals surface area contributed by atoms with Crippen LogP contribution in [-0.2, 0) is 4.79 Å². The van der Waals surface area contributed by atoms with Gasteiger partial charge in [-0.3, -0.25) is 9.59 Å². The number of piperidine rings is 1. The summed E-state index contributed by atoms with van der Waals surface area (Å²) in [6, 6.07) is 10.1. The van der Waals surface area contributed by atoms with Crippen LogP contribution >= 0.6 is 11.3 Å². The average molecular weight is 398 g/mol. The van der Waals surface area contributed by atoms with Gasteiger partial charge in [-0.2, -0.15) is 5.26 Å². The quantitative estimate of drug-likeness (QED) is 0.698. The van der Waals surface area contributed by atoms with Gasteiger partial charge < -0.3 is 15.5 Å². The third-order valence-corrected chi connectivity index (χ3v) is 5.71. The molecule has 28 heavy (non-hydrogen) atoms. The molecule has 0 unspecified atom stereocenters. The van der Waals surface area contributed by atoms with Gasteiger partial charge in [0, 0.05) is 30.2 Å². The monoisotopic (exact) mass is 397 g/mol. The van der Waals surface area contributed by atoms with Gasteiger partial charge in [-0.05, 0) is 37.3 Å². The van der Waals surface area contributed by atoms with E-state index in [-0.39, 0.29) is 18.4 Å². The summed E-state index contributed by atoms with van der Waals surface area (Å²) in [6.45, 7) is 1.70. The Bertz CT molecular complexity index is 811. The molecule has 1 aliphatic heterocycles. The van der Waals surface area contributed by atoms with E-state index in [0.29, 0.717) is 17.9 Å². The van der Waals surface area contributed by atoms with E-state index in [9.17, 15) is 9.59 Å². The summed E-state index contributed by atoms with van der Waals surface area (Å²) in [6.07, 6.45) is 4.23. The zero-order chi connectivity index (χ0) is 19.8. The summed E-state index contributed by atoms with van der Waals surface area (Å²) in [4.78, 5) is 31.6. The molecule has 1 fully saturated rings. The van der Waals surface area contributed by atoms with Crippen LogP contribution in [-0.4, -0.2) is 42.5 Å². The first-order valence-corrected chi connectivity index (χ1v) is 10.2. The normalized spacial score (nSPS) is 15.5. The number of thiazole rings is 1. The highest BCUT2D eigenvalue weighted by Crippen LogP contribution is 2.27. The Labute approximate surface area is 168 Å². The molecule has 2 N–H and O–H groups in total. The minimum absolute atomic E-state index is 0.0704. The summed E-state index contributed by atoms with van der Waals surface area (Å²) in [5.74, 6) is -0.267. The van der Waals surface area contributed by atoms with Gasteiger partial charge in [0.05, 0.1) is 6.07 Å². The predicted molar refractivity (Wildman–Crippen MR) is 108 cm³/mol. The fraction of sp³-hybridized carbons (Fsp3) is 0.400. The molecule has 2 amide bonds. The van der Waals surface area contributed by atoms with Crippen LogP contribution in [0.25, 0.3) is 0 Å². The highest BCUT2D eigenvalue weighted by Gasteiger charge is 2.28. The fourth-order valence-electron chi connectivity index (χ4n) is 3.38. The number of aromatic nitrogens is 1. The Kier molecular flexibility index (Phi) is 6.98. The zero-order valence-electron chi connectivity index (χ0n) is 15.5. The van der Waals surface area contributed by atoms with Crippen LogP contribution in [0.3, 0.4) is 0 Å². The summed E-state index contributed by atoms with van der Waals surface area (Å²) in [7, 11) is 0. The van der Waals surface area contributed by atoms with Crippen molar-refractivity contribution in [3.8, 4) is 6.07 Å². The number of benzene rings is 1. The van der Waals surface area contributed by atoms with Crippen LogP contribution in [0, 0.1) is 17.2 Å². The molecular formula is C20H23N5O2S. The Morgan fingerprint density at radius 1 is 1.29 bits per heavy atom. The fourth-order valence-corrected chi connectivity index (χ4v) is 4.07. The number of carbonyl (C=O) groups is 2. The number of anilines is 1. The van der Waals surface area contributed by atoms with Crippen molar-refractivity contribution in [1.29, 1.82) is 5.26 Å². The van der Waals surface area contributed by atoms with Crippen molar-refractivity contribution < 1.29 is 9.59 Å². The number of hydrogen-bond acceptors (Lipinski definition) is 6. The molecule has 2 aromatic rings. The number of nitriles is 1. The lowest BCUT2D eigenvalue weighted by atomic mass is 9.90. The topological polar surface area (TPSA) is 98.1 Å². The first-order valence-electron chi connectivity index (χ1n) is 9.32. The van der Waals surface area contributed by atoms with E-state index in [4.69, 9.17) is 5.26 Å². The molecule has 1 aromatic carbocycles. The largest absolute Gasteiger partial charge is 0.348 e.